The van der Waals surface area contributed by atoms with Crippen LogP contribution in [0.5, 0.6) is 0 Å². The van der Waals surface area contributed by atoms with E-state index >= 15 is 0 Å². The van der Waals surface area contributed by atoms with E-state index in [1.54, 1.807) is 0 Å². The normalized spacial score (nSPS) is 15.3. The number of thiazole rings is 1. The Balaban J connectivity index is 1.41. The fourth-order valence-electron chi connectivity index (χ4n) is 3.46. The van der Waals surface area contributed by atoms with Crippen molar-refractivity contribution >= 4 is 17.2 Å². The van der Waals surface area contributed by atoms with Crippen molar-refractivity contribution in [3.05, 3.63) is 64.4 Å². The highest BCUT2D eigenvalue weighted by Gasteiger charge is 2.27. The number of carbonyl (C=O) groups is 1. The van der Waals surface area contributed by atoms with Gasteiger partial charge in [-0.3, -0.25) is 9.78 Å². The van der Waals surface area contributed by atoms with Gasteiger partial charge in [-0.2, -0.15) is 0 Å². The van der Waals surface area contributed by atoms with Crippen LogP contribution in [-0.2, 0) is 6.54 Å². The first-order valence-electron chi connectivity index (χ1n) is 8.82. The number of pyridine rings is 1. The van der Waals surface area contributed by atoms with Gasteiger partial charge in [0, 0.05) is 55.7 Å². The lowest BCUT2D eigenvalue weighted by Crippen LogP contribution is -2.38. The van der Waals surface area contributed by atoms with E-state index in [1.165, 1.54) is 16.9 Å². The maximum atomic E-state index is 12.6. The standard InChI is InChI=1S/C19H21N5OS/c1-14-22-17(13-26-14)19(25)23-9-4-16(5-10-23)18-21-8-11-24(18)12-15-2-6-20-7-3-15/h2-3,6-8,11,13,16H,4-5,9-10,12H2,1H3. The van der Waals surface area contributed by atoms with Crippen molar-refractivity contribution in [2.24, 2.45) is 0 Å². The maximum absolute atomic E-state index is 12.6. The van der Waals surface area contributed by atoms with E-state index in [4.69, 9.17) is 0 Å². The molecule has 0 saturated carbocycles. The third kappa shape index (κ3) is 3.53. The van der Waals surface area contributed by atoms with E-state index in [-0.39, 0.29) is 5.91 Å². The lowest BCUT2D eigenvalue weighted by molar-refractivity contribution is 0.0705. The van der Waals surface area contributed by atoms with Crippen LogP contribution in [0, 0.1) is 6.92 Å². The summed E-state index contributed by atoms with van der Waals surface area (Å²) < 4.78 is 2.21. The SMILES string of the molecule is Cc1nc(C(=O)N2CCC(c3nccn3Cc3ccncc3)CC2)cs1. The number of hydrogen-bond donors (Lipinski definition) is 0. The van der Waals surface area contributed by atoms with E-state index in [2.05, 4.69) is 19.5 Å². The number of piperidine rings is 1. The molecule has 4 heterocycles. The van der Waals surface area contributed by atoms with Gasteiger partial charge in [-0.05, 0) is 37.5 Å². The molecule has 3 aromatic heterocycles. The van der Waals surface area contributed by atoms with Gasteiger partial charge in [0.1, 0.15) is 11.5 Å². The van der Waals surface area contributed by atoms with E-state index in [0.29, 0.717) is 11.6 Å². The first kappa shape index (κ1) is 16.9. The second-order valence-electron chi connectivity index (χ2n) is 6.59. The molecule has 4 rings (SSSR count). The summed E-state index contributed by atoms with van der Waals surface area (Å²) in [7, 11) is 0. The highest BCUT2D eigenvalue weighted by molar-refractivity contribution is 7.09. The molecule has 0 unspecified atom stereocenters. The summed E-state index contributed by atoms with van der Waals surface area (Å²) in [4.78, 5) is 27.5. The van der Waals surface area contributed by atoms with E-state index in [1.807, 2.05) is 54.1 Å². The molecule has 0 aromatic carbocycles. The van der Waals surface area contributed by atoms with Crippen molar-refractivity contribution in [1.82, 2.24) is 24.4 Å². The molecule has 1 fully saturated rings. The number of rotatable bonds is 4. The Bertz CT molecular complexity index is 880. The third-order valence-corrected chi connectivity index (χ3v) is 5.61. The molecule has 1 aliphatic rings. The Morgan fingerprint density at radius 2 is 2.00 bits per heavy atom. The molecule has 0 N–H and O–H groups in total. The molecule has 0 aliphatic carbocycles. The molecule has 1 amide bonds. The monoisotopic (exact) mass is 367 g/mol. The van der Waals surface area contributed by atoms with Crippen molar-refractivity contribution in [3.8, 4) is 0 Å². The van der Waals surface area contributed by atoms with E-state index in [0.717, 1.165) is 43.3 Å². The molecule has 1 aliphatic heterocycles. The number of aromatic nitrogens is 4. The fourth-order valence-corrected chi connectivity index (χ4v) is 4.05. The molecule has 7 heteroatoms. The summed E-state index contributed by atoms with van der Waals surface area (Å²) in [6, 6.07) is 4.06. The molecule has 134 valence electrons. The summed E-state index contributed by atoms with van der Waals surface area (Å²) in [5, 5.41) is 2.78. The summed E-state index contributed by atoms with van der Waals surface area (Å²) >= 11 is 1.52. The molecule has 0 atom stereocenters. The minimum atomic E-state index is 0.0490. The largest absolute Gasteiger partial charge is 0.337 e. The predicted molar refractivity (Wildman–Crippen MR) is 100 cm³/mol. The lowest BCUT2D eigenvalue weighted by Gasteiger charge is -2.31. The van der Waals surface area contributed by atoms with Gasteiger partial charge in [0.2, 0.25) is 0 Å². The van der Waals surface area contributed by atoms with Crippen LogP contribution in [0.4, 0.5) is 0 Å². The van der Waals surface area contributed by atoms with Gasteiger partial charge in [-0.15, -0.1) is 11.3 Å². The lowest BCUT2D eigenvalue weighted by atomic mass is 9.95. The van der Waals surface area contributed by atoms with Crippen LogP contribution in [0.25, 0.3) is 0 Å². The average molecular weight is 367 g/mol. The second kappa shape index (κ2) is 7.37. The quantitative estimate of drug-likeness (QED) is 0.711. The topological polar surface area (TPSA) is 63.9 Å². The molecule has 3 aromatic rings. The number of nitrogens with zero attached hydrogens (tertiary/aromatic N) is 5. The highest BCUT2D eigenvalue weighted by atomic mass is 32.1. The average Bonchev–Trinajstić information content (AvgIpc) is 3.31. The fraction of sp³-hybridized carbons (Fsp3) is 0.368. The van der Waals surface area contributed by atoms with Crippen LogP contribution in [0.3, 0.4) is 0 Å². The Hall–Kier alpha value is -2.54. The predicted octanol–water partition coefficient (Wildman–Crippen LogP) is 3.11. The molecular formula is C19H21N5OS. The van der Waals surface area contributed by atoms with Crippen molar-refractivity contribution < 1.29 is 4.79 Å². The smallest absolute Gasteiger partial charge is 0.273 e. The zero-order valence-electron chi connectivity index (χ0n) is 14.7. The van der Waals surface area contributed by atoms with Crippen molar-refractivity contribution in [2.75, 3.05) is 13.1 Å². The van der Waals surface area contributed by atoms with Gasteiger partial charge in [-0.1, -0.05) is 0 Å². The van der Waals surface area contributed by atoms with Gasteiger partial charge < -0.3 is 9.47 Å². The first-order chi connectivity index (χ1) is 12.7. The molecule has 6 nitrogen and oxygen atoms in total. The van der Waals surface area contributed by atoms with Crippen LogP contribution >= 0.6 is 11.3 Å². The van der Waals surface area contributed by atoms with E-state index < -0.39 is 0 Å². The number of amides is 1. The van der Waals surface area contributed by atoms with Crippen LogP contribution in [-0.4, -0.2) is 43.4 Å². The maximum Gasteiger partial charge on any atom is 0.273 e. The summed E-state index contributed by atoms with van der Waals surface area (Å²) in [5.74, 6) is 1.54. The first-order valence-corrected chi connectivity index (χ1v) is 9.70. The third-order valence-electron chi connectivity index (χ3n) is 4.84. The zero-order chi connectivity index (χ0) is 17.9. The second-order valence-corrected chi connectivity index (χ2v) is 7.65. The number of likely N-dealkylation sites (tertiary alicyclic amines) is 1. The number of carbonyl (C=O) groups excluding carboxylic acids is 1. The number of imidazole rings is 1. The van der Waals surface area contributed by atoms with Crippen LogP contribution < -0.4 is 0 Å². The minimum absolute atomic E-state index is 0.0490. The summed E-state index contributed by atoms with van der Waals surface area (Å²) in [6.45, 7) is 4.23. The van der Waals surface area contributed by atoms with Crippen molar-refractivity contribution in [2.45, 2.75) is 32.2 Å². The molecule has 0 spiro atoms. The Morgan fingerprint density at radius 1 is 1.23 bits per heavy atom. The highest BCUT2D eigenvalue weighted by Crippen LogP contribution is 2.28. The van der Waals surface area contributed by atoms with Crippen LogP contribution in [0.15, 0.2) is 42.3 Å². The van der Waals surface area contributed by atoms with Crippen LogP contribution in [0.2, 0.25) is 0 Å². The number of hydrogen-bond acceptors (Lipinski definition) is 5. The van der Waals surface area contributed by atoms with Gasteiger partial charge in [0.05, 0.1) is 5.01 Å². The molecule has 0 radical (unpaired) electrons. The molecular weight excluding hydrogens is 346 g/mol. The summed E-state index contributed by atoms with van der Waals surface area (Å²) in [6.07, 6.45) is 9.40. The van der Waals surface area contributed by atoms with Crippen molar-refractivity contribution in [1.29, 1.82) is 0 Å². The van der Waals surface area contributed by atoms with Gasteiger partial charge >= 0.3 is 0 Å². The van der Waals surface area contributed by atoms with Gasteiger partial charge in [0.15, 0.2) is 0 Å². The minimum Gasteiger partial charge on any atom is -0.337 e. The molecule has 1 saturated heterocycles. The zero-order valence-corrected chi connectivity index (χ0v) is 15.5. The Labute approximate surface area is 156 Å². The van der Waals surface area contributed by atoms with Gasteiger partial charge in [0.25, 0.3) is 5.91 Å². The van der Waals surface area contributed by atoms with Crippen LogP contribution in [0.1, 0.15) is 45.6 Å². The van der Waals surface area contributed by atoms with Gasteiger partial charge in [-0.25, -0.2) is 9.97 Å². The molecule has 0 bridgehead atoms. The summed E-state index contributed by atoms with van der Waals surface area (Å²) in [5.41, 5.74) is 1.79. The molecule has 26 heavy (non-hydrogen) atoms. The Morgan fingerprint density at radius 3 is 2.69 bits per heavy atom. The van der Waals surface area contributed by atoms with E-state index in [9.17, 15) is 4.79 Å². The number of aryl methyl sites for hydroxylation is 1. The Kier molecular flexibility index (Phi) is 4.79. The van der Waals surface area contributed by atoms with Crippen molar-refractivity contribution in [3.63, 3.8) is 0 Å².